The van der Waals surface area contributed by atoms with Crippen LogP contribution in [-0.2, 0) is 0 Å². The Morgan fingerprint density at radius 1 is 1.12 bits per heavy atom. The van der Waals surface area contributed by atoms with E-state index < -0.39 is 0 Å². The van der Waals surface area contributed by atoms with Gasteiger partial charge in [0.05, 0.1) is 0 Å². The summed E-state index contributed by atoms with van der Waals surface area (Å²) in [5.41, 5.74) is 3.00. The van der Waals surface area contributed by atoms with Gasteiger partial charge in [0.25, 0.3) is 0 Å². The van der Waals surface area contributed by atoms with Gasteiger partial charge >= 0.3 is 0 Å². The quantitative estimate of drug-likeness (QED) is 0.698. The van der Waals surface area contributed by atoms with Gasteiger partial charge < -0.3 is 0 Å². The molecule has 0 bridgehead atoms. The Balaban J connectivity index is 1.96. The number of rotatable bonds is 3. The smallest absolute Gasteiger partial charge is 0.00647 e. The SMILES string of the molecule is CCC1C=CC=C(c2ccccc2)C1C1CC1. The second kappa shape index (κ2) is 4.52. The summed E-state index contributed by atoms with van der Waals surface area (Å²) in [7, 11) is 0. The minimum absolute atomic E-state index is 0.753. The minimum Gasteiger partial charge on any atom is -0.0808 e. The van der Waals surface area contributed by atoms with Crippen LogP contribution in [0.4, 0.5) is 0 Å². The number of allylic oxidation sites excluding steroid dienone is 4. The normalized spacial score (nSPS) is 27.9. The van der Waals surface area contributed by atoms with E-state index >= 15 is 0 Å². The monoisotopic (exact) mass is 224 g/mol. The van der Waals surface area contributed by atoms with Crippen LogP contribution < -0.4 is 0 Å². The Morgan fingerprint density at radius 3 is 2.53 bits per heavy atom. The van der Waals surface area contributed by atoms with Crippen LogP contribution in [0, 0.1) is 17.8 Å². The first-order valence-electron chi connectivity index (χ1n) is 6.84. The zero-order valence-electron chi connectivity index (χ0n) is 10.5. The third kappa shape index (κ3) is 2.09. The summed E-state index contributed by atoms with van der Waals surface area (Å²) in [4.78, 5) is 0. The summed E-state index contributed by atoms with van der Waals surface area (Å²) < 4.78 is 0. The molecule has 0 spiro atoms. The average Bonchev–Trinajstić information content (AvgIpc) is 3.23. The summed E-state index contributed by atoms with van der Waals surface area (Å²) in [6.45, 7) is 2.32. The molecule has 17 heavy (non-hydrogen) atoms. The zero-order chi connectivity index (χ0) is 11.7. The molecule has 0 heteroatoms. The fourth-order valence-electron chi connectivity index (χ4n) is 3.13. The highest BCUT2D eigenvalue weighted by Gasteiger charge is 2.38. The van der Waals surface area contributed by atoms with Gasteiger partial charge in [-0.05, 0) is 48.2 Å². The molecule has 1 fully saturated rings. The van der Waals surface area contributed by atoms with Gasteiger partial charge in [-0.1, -0.05) is 55.5 Å². The highest BCUT2D eigenvalue weighted by atomic mass is 14.4. The summed E-state index contributed by atoms with van der Waals surface area (Å²) in [6.07, 6.45) is 11.1. The van der Waals surface area contributed by atoms with E-state index in [0.29, 0.717) is 0 Å². The number of hydrogen-bond donors (Lipinski definition) is 0. The van der Waals surface area contributed by atoms with Crippen LogP contribution in [0.2, 0.25) is 0 Å². The number of hydrogen-bond acceptors (Lipinski definition) is 0. The topological polar surface area (TPSA) is 0 Å². The molecule has 2 unspecified atom stereocenters. The molecule has 0 nitrogen and oxygen atoms in total. The van der Waals surface area contributed by atoms with Crippen molar-refractivity contribution < 1.29 is 0 Å². The van der Waals surface area contributed by atoms with Crippen molar-refractivity contribution in [3.8, 4) is 0 Å². The van der Waals surface area contributed by atoms with E-state index in [0.717, 1.165) is 17.8 Å². The maximum Gasteiger partial charge on any atom is -0.00647 e. The van der Waals surface area contributed by atoms with E-state index in [1.54, 1.807) is 5.57 Å². The van der Waals surface area contributed by atoms with Gasteiger partial charge in [0.2, 0.25) is 0 Å². The summed E-state index contributed by atoms with van der Waals surface area (Å²) >= 11 is 0. The van der Waals surface area contributed by atoms with Gasteiger partial charge in [-0.3, -0.25) is 0 Å². The summed E-state index contributed by atoms with van der Waals surface area (Å²) in [5, 5.41) is 0. The molecule has 2 aliphatic rings. The van der Waals surface area contributed by atoms with Gasteiger partial charge in [0.15, 0.2) is 0 Å². The van der Waals surface area contributed by atoms with Crippen molar-refractivity contribution in [2.45, 2.75) is 26.2 Å². The van der Waals surface area contributed by atoms with E-state index in [1.807, 2.05) is 0 Å². The average molecular weight is 224 g/mol. The van der Waals surface area contributed by atoms with E-state index in [2.05, 4.69) is 55.5 Å². The van der Waals surface area contributed by atoms with E-state index in [1.165, 1.54) is 24.8 Å². The van der Waals surface area contributed by atoms with Gasteiger partial charge in [-0.2, -0.15) is 0 Å². The molecule has 2 atom stereocenters. The third-order valence-corrected chi connectivity index (χ3v) is 4.16. The van der Waals surface area contributed by atoms with Gasteiger partial charge in [0, 0.05) is 0 Å². The standard InChI is InChI=1S/C17H20/c1-2-13-9-6-10-16(17(13)15-11-12-15)14-7-4-3-5-8-14/h3-10,13,15,17H,2,11-12H2,1H3. The molecular formula is C17H20. The minimum atomic E-state index is 0.753. The molecule has 88 valence electrons. The van der Waals surface area contributed by atoms with Crippen LogP contribution in [0.25, 0.3) is 5.57 Å². The molecule has 0 amide bonds. The van der Waals surface area contributed by atoms with Crippen LogP contribution in [0.15, 0.2) is 48.6 Å². The summed E-state index contributed by atoms with van der Waals surface area (Å²) in [5.74, 6) is 2.46. The molecule has 2 aliphatic carbocycles. The fourth-order valence-corrected chi connectivity index (χ4v) is 3.13. The largest absolute Gasteiger partial charge is 0.0808 e. The molecular weight excluding hydrogens is 204 g/mol. The van der Waals surface area contributed by atoms with E-state index in [-0.39, 0.29) is 0 Å². The van der Waals surface area contributed by atoms with Gasteiger partial charge in [0.1, 0.15) is 0 Å². The van der Waals surface area contributed by atoms with Crippen LogP contribution >= 0.6 is 0 Å². The van der Waals surface area contributed by atoms with Crippen LogP contribution in [-0.4, -0.2) is 0 Å². The van der Waals surface area contributed by atoms with E-state index in [4.69, 9.17) is 0 Å². The third-order valence-electron chi connectivity index (χ3n) is 4.16. The van der Waals surface area contributed by atoms with Crippen LogP contribution in [0.1, 0.15) is 31.7 Å². The number of benzene rings is 1. The molecule has 0 heterocycles. The molecule has 1 aromatic carbocycles. The Bertz CT molecular complexity index is 434. The molecule has 0 aliphatic heterocycles. The lowest BCUT2D eigenvalue weighted by Gasteiger charge is -2.29. The molecule has 1 aromatic rings. The molecule has 0 N–H and O–H groups in total. The molecule has 0 radical (unpaired) electrons. The maximum atomic E-state index is 2.41. The first-order chi connectivity index (χ1) is 8.40. The van der Waals surface area contributed by atoms with Crippen molar-refractivity contribution in [1.29, 1.82) is 0 Å². The Hall–Kier alpha value is -1.30. The Labute approximate surface area is 104 Å². The molecule has 0 aromatic heterocycles. The first-order valence-corrected chi connectivity index (χ1v) is 6.84. The van der Waals surface area contributed by atoms with Gasteiger partial charge in [-0.25, -0.2) is 0 Å². The predicted octanol–water partition coefficient (Wildman–Crippen LogP) is 4.69. The van der Waals surface area contributed by atoms with Crippen molar-refractivity contribution in [1.82, 2.24) is 0 Å². The van der Waals surface area contributed by atoms with Crippen molar-refractivity contribution in [3.05, 3.63) is 54.1 Å². The Kier molecular flexibility index (Phi) is 2.88. The predicted molar refractivity (Wildman–Crippen MR) is 73.6 cm³/mol. The second-order valence-electron chi connectivity index (χ2n) is 5.31. The maximum absolute atomic E-state index is 2.41. The van der Waals surface area contributed by atoms with Crippen LogP contribution in [0.5, 0.6) is 0 Å². The van der Waals surface area contributed by atoms with Crippen molar-refractivity contribution in [2.24, 2.45) is 17.8 Å². The van der Waals surface area contributed by atoms with Crippen molar-refractivity contribution in [2.75, 3.05) is 0 Å². The van der Waals surface area contributed by atoms with E-state index in [9.17, 15) is 0 Å². The molecule has 0 saturated heterocycles. The molecule has 1 saturated carbocycles. The van der Waals surface area contributed by atoms with Gasteiger partial charge in [-0.15, -0.1) is 0 Å². The molecule has 3 rings (SSSR count). The fraction of sp³-hybridized carbons (Fsp3) is 0.412. The highest BCUT2D eigenvalue weighted by molar-refractivity contribution is 5.71. The lowest BCUT2D eigenvalue weighted by Crippen LogP contribution is -2.18. The van der Waals surface area contributed by atoms with Crippen molar-refractivity contribution >= 4 is 5.57 Å². The lowest BCUT2D eigenvalue weighted by atomic mass is 9.75. The summed E-state index contributed by atoms with van der Waals surface area (Å²) in [6, 6.07) is 10.9. The van der Waals surface area contributed by atoms with Crippen molar-refractivity contribution in [3.63, 3.8) is 0 Å². The first kappa shape index (κ1) is 10.8. The Morgan fingerprint density at radius 2 is 1.88 bits per heavy atom. The lowest BCUT2D eigenvalue weighted by molar-refractivity contribution is 0.424. The highest BCUT2D eigenvalue weighted by Crippen LogP contribution is 2.49. The van der Waals surface area contributed by atoms with Crippen LogP contribution in [0.3, 0.4) is 0 Å². The zero-order valence-corrected chi connectivity index (χ0v) is 10.5. The second-order valence-corrected chi connectivity index (χ2v) is 5.31.